The van der Waals surface area contributed by atoms with Crippen LogP contribution in [0.25, 0.3) is 0 Å². The van der Waals surface area contributed by atoms with Crippen LogP contribution in [0.15, 0.2) is 12.1 Å². The molecule has 0 aliphatic rings. The predicted molar refractivity (Wildman–Crippen MR) is 77.0 cm³/mol. The van der Waals surface area contributed by atoms with Crippen molar-refractivity contribution in [2.24, 2.45) is 0 Å². The van der Waals surface area contributed by atoms with Crippen molar-refractivity contribution >= 4 is 17.4 Å². The normalized spacial score (nSPS) is 10.8. The fourth-order valence-electron chi connectivity index (χ4n) is 1.75. The van der Waals surface area contributed by atoms with E-state index >= 15 is 0 Å². The Morgan fingerprint density at radius 1 is 1.25 bits per heavy atom. The van der Waals surface area contributed by atoms with E-state index in [9.17, 15) is 18.9 Å². The molecule has 0 atom stereocenters. The minimum absolute atomic E-state index is 0.113. The van der Waals surface area contributed by atoms with Gasteiger partial charge in [0.05, 0.1) is 4.92 Å². The summed E-state index contributed by atoms with van der Waals surface area (Å²) in [6.07, 6.45) is 5.24. The summed E-state index contributed by atoms with van der Waals surface area (Å²) in [6, 6.07) is 1.51. The summed E-state index contributed by atoms with van der Waals surface area (Å²) in [5, 5.41) is 13.6. The second-order valence-corrected chi connectivity index (χ2v) is 5.37. The highest BCUT2D eigenvalue weighted by atomic mass is 32.2. The highest BCUT2D eigenvalue weighted by Crippen LogP contribution is 2.21. The second-order valence-electron chi connectivity index (χ2n) is 4.38. The third kappa shape index (κ3) is 5.42. The Bertz CT molecular complexity index is 458. The van der Waals surface area contributed by atoms with Crippen LogP contribution in [-0.4, -0.2) is 23.5 Å². The van der Waals surface area contributed by atoms with Gasteiger partial charge in [-0.05, 0) is 31.4 Å². The first-order valence-electron chi connectivity index (χ1n) is 6.38. The highest BCUT2D eigenvalue weighted by molar-refractivity contribution is 7.98. The lowest BCUT2D eigenvalue weighted by Gasteiger charge is -2.06. The molecular weight excluding hydrogens is 286 g/mol. The molecule has 0 aliphatic carbocycles. The molecule has 7 heteroatoms. The SMILES string of the molecule is CSCCCCCNCc1cc([N+](=O)[O-])c(F)cc1F. The molecule has 4 nitrogen and oxygen atoms in total. The molecule has 0 fully saturated rings. The van der Waals surface area contributed by atoms with Crippen LogP contribution in [-0.2, 0) is 6.54 Å². The van der Waals surface area contributed by atoms with Gasteiger partial charge < -0.3 is 5.32 Å². The van der Waals surface area contributed by atoms with Crippen LogP contribution < -0.4 is 5.32 Å². The zero-order chi connectivity index (χ0) is 15.0. The zero-order valence-electron chi connectivity index (χ0n) is 11.3. The Balaban J connectivity index is 2.44. The van der Waals surface area contributed by atoms with Crippen molar-refractivity contribution in [1.29, 1.82) is 0 Å². The molecular formula is C13H18F2N2O2S. The second kappa shape index (κ2) is 8.86. The molecule has 0 radical (unpaired) electrons. The topological polar surface area (TPSA) is 55.2 Å². The van der Waals surface area contributed by atoms with Crippen LogP contribution in [0.4, 0.5) is 14.5 Å². The van der Waals surface area contributed by atoms with Crippen molar-refractivity contribution in [3.63, 3.8) is 0 Å². The largest absolute Gasteiger partial charge is 0.313 e. The third-order valence-corrected chi connectivity index (χ3v) is 3.53. The van der Waals surface area contributed by atoms with Gasteiger partial charge in [-0.3, -0.25) is 10.1 Å². The fourth-order valence-corrected chi connectivity index (χ4v) is 2.25. The molecule has 112 valence electrons. The quantitative estimate of drug-likeness (QED) is 0.431. The Labute approximate surface area is 121 Å². The Hall–Kier alpha value is -1.21. The number of nitro groups is 1. The Kier molecular flexibility index (Phi) is 7.46. The van der Waals surface area contributed by atoms with Gasteiger partial charge in [0.1, 0.15) is 5.82 Å². The van der Waals surface area contributed by atoms with Crippen LogP contribution in [0.5, 0.6) is 0 Å². The number of hydrogen-bond acceptors (Lipinski definition) is 4. The Morgan fingerprint density at radius 3 is 2.65 bits per heavy atom. The van der Waals surface area contributed by atoms with E-state index in [1.807, 2.05) is 0 Å². The number of nitro benzene ring substituents is 1. The van der Waals surface area contributed by atoms with Crippen LogP contribution in [0.3, 0.4) is 0 Å². The molecule has 0 heterocycles. The number of unbranched alkanes of at least 4 members (excludes halogenated alkanes) is 2. The van der Waals surface area contributed by atoms with E-state index in [4.69, 9.17) is 0 Å². The summed E-state index contributed by atoms with van der Waals surface area (Å²) in [5.41, 5.74) is -0.578. The molecule has 1 aromatic carbocycles. The first kappa shape index (κ1) is 16.8. The molecule has 0 unspecified atom stereocenters. The van der Waals surface area contributed by atoms with Crippen LogP contribution >= 0.6 is 11.8 Å². The maximum Gasteiger partial charge on any atom is 0.305 e. The van der Waals surface area contributed by atoms with E-state index < -0.39 is 22.2 Å². The highest BCUT2D eigenvalue weighted by Gasteiger charge is 2.17. The first-order valence-corrected chi connectivity index (χ1v) is 7.77. The van der Waals surface area contributed by atoms with Crippen molar-refractivity contribution in [2.45, 2.75) is 25.8 Å². The lowest BCUT2D eigenvalue weighted by Crippen LogP contribution is -2.16. The molecule has 1 N–H and O–H groups in total. The molecule has 1 aromatic rings. The smallest absolute Gasteiger partial charge is 0.305 e. The molecule has 0 bridgehead atoms. The van der Waals surface area contributed by atoms with Gasteiger partial charge in [-0.25, -0.2) is 4.39 Å². The fraction of sp³-hybridized carbons (Fsp3) is 0.538. The lowest BCUT2D eigenvalue weighted by atomic mass is 10.1. The van der Waals surface area contributed by atoms with E-state index in [1.54, 1.807) is 11.8 Å². The van der Waals surface area contributed by atoms with Crippen LogP contribution in [0.2, 0.25) is 0 Å². The number of halogens is 2. The molecule has 0 amide bonds. The van der Waals surface area contributed by atoms with Crippen molar-refractivity contribution in [2.75, 3.05) is 18.6 Å². The summed E-state index contributed by atoms with van der Waals surface area (Å²) < 4.78 is 26.6. The van der Waals surface area contributed by atoms with Crippen molar-refractivity contribution < 1.29 is 13.7 Å². The van der Waals surface area contributed by atoms with Gasteiger partial charge in [0.2, 0.25) is 5.82 Å². The molecule has 0 aromatic heterocycles. The van der Waals surface area contributed by atoms with Crippen LogP contribution in [0, 0.1) is 21.7 Å². The predicted octanol–water partition coefficient (Wildman–Crippen LogP) is 3.50. The molecule has 0 saturated heterocycles. The van der Waals surface area contributed by atoms with Gasteiger partial charge in [-0.1, -0.05) is 6.42 Å². The number of thioether (sulfide) groups is 1. The first-order chi connectivity index (χ1) is 9.56. The maximum absolute atomic E-state index is 13.5. The van der Waals surface area contributed by atoms with E-state index in [2.05, 4.69) is 11.6 Å². The summed E-state index contributed by atoms with van der Waals surface area (Å²) in [5.74, 6) is -0.782. The standard InChI is InChI=1S/C13H18F2N2O2S/c1-20-6-4-2-3-5-16-9-10-7-13(17(18)19)12(15)8-11(10)14/h7-8,16H,2-6,9H2,1H3. The van der Waals surface area contributed by atoms with Gasteiger partial charge in [0, 0.05) is 24.2 Å². The summed E-state index contributed by atoms with van der Waals surface area (Å²) in [4.78, 5) is 9.74. The minimum Gasteiger partial charge on any atom is -0.313 e. The average molecular weight is 304 g/mol. The van der Waals surface area contributed by atoms with Crippen molar-refractivity contribution in [3.8, 4) is 0 Å². The van der Waals surface area contributed by atoms with Crippen LogP contribution in [0.1, 0.15) is 24.8 Å². The molecule has 1 rings (SSSR count). The van der Waals surface area contributed by atoms with Crippen molar-refractivity contribution in [3.05, 3.63) is 39.4 Å². The van der Waals surface area contributed by atoms with Gasteiger partial charge in [0.25, 0.3) is 0 Å². The van der Waals surface area contributed by atoms with E-state index in [1.165, 1.54) is 0 Å². The summed E-state index contributed by atoms with van der Waals surface area (Å²) in [6.45, 7) is 0.870. The maximum atomic E-state index is 13.5. The number of nitrogens with zero attached hydrogens (tertiary/aromatic N) is 1. The van der Waals surface area contributed by atoms with E-state index in [0.717, 1.165) is 31.1 Å². The van der Waals surface area contributed by atoms with Gasteiger partial charge in [-0.15, -0.1) is 0 Å². The monoisotopic (exact) mass is 304 g/mol. The molecule has 0 aliphatic heterocycles. The molecule has 0 spiro atoms. The lowest BCUT2D eigenvalue weighted by molar-refractivity contribution is -0.387. The van der Waals surface area contributed by atoms with Gasteiger partial charge in [0.15, 0.2) is 0 Å². The van der Waals surface area contributed by atoms with E-state index in [0.29, 0.717) is 12.6 Å². The zero-order valence-corrected chi connectivity index (χ0v) is 12.1. The molecule has 0 saturated carbocycles. The number of rotatable bonds is 9. The average Bonchev–Trinajstić information content (AvgIpc) is 2.39. The Morgan fingerprint density at radius 2 is 2.00 bits per heavy atom. The van der Waals surface area contributed by atoms with Gasteiger partial charge >= 0.3 is 5.69 Å². The summed E-state index contributed by atoms with van der Waals surface area (Å²) >= 11 is 1.80. The number of hydrogen-bond donors (Lipinski definition) is 1. The number of benzene rings is 1. The van der Waals surface area contributed by atoms with Gasteiger partial charge in [-0.2, -0.15) is 16.2 Å². The summed E-state index contributed by atoms with van der Waals surface area (Å²) in [7, 11) is 0. The number of nitrogens with one attached hydrogen (secondary N) is 1. The molecule has 20 heavy (non-hydrogen) atoms. The van der Waals surface area contributed by atoms with Crippen molar-refractivity contribution in [1.82, 2.24) is 5.32 Å². The van der Waals surface area contributed by atoms with E-state index in [-0.39, 0.29) is 12.1 Å². The minimum atomic E-state index is -1.15. The third-order valence-electron chi connectivity index (χ3n) is 2.83.